The number of rotatable bonds is 4. The number of aliphatic hydroxyl groups excluding tert-OH is 1. The van der Waals surface area contributed by atoms with Gasteiger partial charge in [0.25, 0.3) is 0 Å². The first-order chi connectivity index (χ1) is 17.5. The number of fused-ring (bicyclic) bond motifs is 1. The topological polar surface area (TPSA) is 85.4 Å². The minimum Gasteiger partial charge on any atom is -0.391 e. The van der Waals surface area contributed by atoms with Crippen molar-refractivity contribution >= 4 is 29.2 Å². The van der Waals surface area contributed by atoms with Crippen LogP contribution in [-0.4, -0.2) is 95.4 Å². The first kappa shape index (κ1) is 26.5. The number of nitrogens with zero attached hydrogens (tertiary/aromatic N) is 3. The molecule has 4 fully saturated rings. The predicted octanol–water partition coefficient (Wildman–Crippen LogP) is 3.43. The number of hydrogen-bond donors (Lipinski definition) is 2. The van der Waals surface area contributed by atoms with Gasteiger partial charge in [-0.05, 0) is 62.8 Å². The molecule has 3 saturated heterocycles. The molecule has 1 aromatic carbocycles. The van der Waals surface area contributed by atoms with E-state index < -0.39 is 28.8 Å². The zero-order valence-electron chi connectivity index (χ0n) is 20.6. The maximum atomic E-state index is 13.4. The molecule has 3 amide bonds. The van der Waals surface area contributed by atoms with Crippen LogP contribution in [0.1, 0.15) is 38.2 Å². The SMILES string of the molecule is C[C@H]1C(=O)N2[C@@H](CCN3CCC4(CC4)[C@H](O)C3)COC[C@H]2CN1C(=O)Nc1ccc(C(F)(F)F)c(Cl)c1. The van der Waals surface area contributed by atoms with Gasteiger partial charge in [0.1, 0.15) is 6.04 Å². The first-order valence-corrected chi connectivity index (χ1v) is 13.1. The molecule has 1 aliphatic carbocycles. The lowest BCUT2D eigenvalue weighted by Gasteiger charge is -2.50. The Morgan fingerprint density at radius 3 is 2.65 bits per heavy atom. The molecule has 2 N–H and O–H groups in total. The van der Waals surface area contributed by atoms with Crippen molar-refractivity contribution in [2.75, 3.05) is 44.7 Å². The van der Waals surface area contributed by atoms with Crippen molar-refractivity contribution in [1.29, 1.82) is 0 Å². The Bertz CT molecular complexity index is 1050. The monoisotopic (exact) mass is 544 g/mol. The maximum Gasteiger partial charge on any atom is 0.417 e. The Labute approximate surface area is 218 Å². The first-order valence-electron chi connectivity index (χ1n) is 12.7. The van der Waals surface area contributed by atoms with E-state index in [-0.39, 0.29) is 41.7 Å². The Hall–Kier alpha value is -2.08. The summed E-state index contributed by atoms with van der Waals surface area (Å²) in [5, 5.41) is 12.5. The fourth-order valence-corrected chi connectivity index (χ4v) is 6.18. The van der Waals surface area contributed by atoms with Crippen LogP contribution in [0.2, 0.25) is 5.02 Å². The number of likely N-dealkylation sites (tertiary alicyclic amines) is 1. The number of ether oxygens (including phenoxy) is 1. The summed E-state index contributed by atoms with van der Waals surface area (Å²) in [7, 11) is 0. The van der Waals surface area contributed by atoms with Crippen LogP contribution in [0.4, 0.5) is 23.7 Å². The minimum absolute atomic E-state index is 0.111. The lowest BCUT2D eigenvalue weighted by Crippen LogP contribution is -2.68. The third kappa shape index (κ3) is 5.28. The second kappa shape index (κ2) is 9.91. The number of amides is 3. The van der Waals surface area contributed by atoms with Gasteiger partial charge in [0, 0.05) is 25.3 Å². The quantitative estimate of drug-likeness (QED) is 0.607. The molecule has 1 aromatic rings. The molecule has 3 heterocycles. The van der Waals surface area contributed by atoms with Crippen LogP contribution >= 0.6 is 11.6 Å². The van der Waals surface area contributed by atoms with Crippen molar-refractivity contribution in [3.63, 3.8) is 0 Å². The summed E-state index contributed by atoms with van der Waals surface area (Å²) >= 11 is 5.77. The molecule has 3 aliphatic heterocycles. The Kier molecular flexibility index (Phi) is 7.10. The summed E-state index contributed by atoms with van der Waals surface area (Å²) in [6, 6.07) is 1.23. The standard InChI is InChI=1S/C25H32ClF3N4O4/c1-15-22(35)33-17(4-8-31-9-7-24(5-6-24)21(34)12-31)13-37-14-18(33)11-32(15)23(36)30-16-2-3-19(20(26)10-16)25(27,28)29/h2-3,10,15,17-18,21,34H,4-9,11-14H2,1H3,(H,30,36)/t15-,17-,18+,21+/m0/s1. The van der Waals surface area contributed by atoms with E-state index in [4.69, 9.17) is 16.3 Å². The number of carbonyl (C=O) groups excluding carboxylic acids is 2. The van der Waals surface area contributed by atoms with Gasteiger partial charge < -0.3 is 29.9 Å². The summed E-state index contributed by atoms with van der Waals surface area (Å²) in [6.45, 7) is 4.98. The molecule has 8 nitrogen and oxygen atoms in total. The number of aliphatic hydroxyl groups is 1. The average Bonchev–Trinajstić information content (AvgIpc) is 3.62. The number of halogens is 4. The number of benzene rings is 1. The highest BCUT2D eigenvalue weighted by atomic mass is 35.5. The van der Waals surface area contributed by atoms with Crippen LogP contribution in [0.25, 0.3) is 0 Å². The van der Waals surface area contributed by atoms with Gasteiger partial charge in [-0.25, -0.2) is 4.79 Å². The second-order valence-corrected chi connectivity index (χ2v) is 11.2. The van der Waals surface area contributed by atoms with Gasteiger partial charge in [-0.2, -0.15) is 13.2 Å². The molecule has 0 radical (unpaired) electrons. The zero-order chi connectivity index (χ0) is 26.5. The smallest absolute Gasteiger partial charge is 0.391 e. The van der Waals surface area contributed by atoms with Crippen LogP contribution < -0.4 is 5.32 Å². The summed E-state index contributed by atoms with van der Waals surface area (Å²) in [4.78, 5) is 31.9. The second-order valence-electron chi connectivity index (χ2n) is 10.8. The van der Waals surface area contributed by atoms with Gasteiger partial charge in [-0.15, -0.1) is 0 Å². The van der Waals surface area contributed by atoms with Gasteiger partial charge >= 0.3 is 12.2 Å². The molecular weight excluding hydrogens is 513 g/mol. The van der Waals surface area contributed by atoms with Gasteiger partial charge in [-0.3, -0.25) is 4.79 Å². The zero-order valence-corrected chi connectivity index (χ0v) is 21.4. The van der Waals surface area contributed by atoms with Crippen LogP contribution in [0.3, 0.4) is 0 Å². The summed E-state index contributed by atoms with van der Waals surface area (Å²) in [5.41, 5.74) is -0.732. The Morgan fingerprint density at radius 2 is 2.00 bits per heavy atom. The fourth-order valence-electron chi connectivity index (χ4n) is 5.89. The fraction of sp³-hybridized carbons (Fsp3) is 0.680. The van der Waals surface area contributed by atoms with Gasteiger partial charge in [0.15, 0.2) is 0 Å². The lowest BCUT2D eigenvalue weighted by molar-refractivity contribution is -0.159. The number of β-amino-alcohol motifs (C(OH)–C–C–N with tert-alkyl or cyclic N) is 1. The van der Waals surface area contributed by atoms with E-state index in [2.05, 4.69) is 10.2 Å². The summed E-state index contributed by atoms with van der Waals surface area (Å²) in [6.07, 6.45) is -0.954. The molecule has 1 saturated carbocycles. The number of hydrogen-bond acceptors (Lipinski definition) is 5. The average molecular weight is 545 g/mol. The highest BCUT2D eigenvalue weighted by molar-refractivity contribution is 6.31. The number of nitrogens with one attached hydrogen (secondary N) is 1. The van der Waals surface area contributed by atoms with E-state index in [0.717, 1.165) is 50.6 Å². The Balaban J connectivity index is 1.20. The Morgan fingerprint density at radius 1 is 1.24 bits per heavy atom. The lowest BCUT2D eigenvalue weighted by atomic mass is 9.90. The molecule has 0 unspecified atom stereocenters. The third-order valence-corrected chi connectivity index (χ3v) is 8.73. The number of carbonyl (C=O) groups is 2. The van der Waals surface area contributed by atoms with E-state index >= 15 is 0 Å². The van der Waals surface area contributed by atoms with E-state index in [1.165, 1.54) is 4.90 Å². The molecule has 12 heteroatoms. The molecule has 0 aromatic heterocycles. The number of urea groups is 1. The third-order valence-electron chi connectivity index (χ3n) is 8.42. The van der Waals surface area contributed by atoms with Crippen molar-refractivity contribution in [2.24, 2.45) is 5.41 Å². The van der Waals surface area contributed by atoms with Crippen molar-refractivity contribution < 1.29 is 32.6 Å². The van der Waals surface area contributed by atoms with E-state index in [9.17, 15) is 27.9 Å². The van der Waals surface area contributed by atoms with Gasteiger partial charge in [0.05, 0.1) is 42.0 Å². The molecule has 204 valence electrons. The van der Waals surface area contributed by atoms with Crippen LogP contribution in [0, 0.1) is 5.41 Å². The molecular formula is C25H32ClF3N4O4. The predicted molar refractivity (Wildman–Crippen MR) is 130 cm³/mol. The molecule has 0 bridgehead atoms. The molecule has 37 heavy (non-hydrogen) atoms. The van der Waals surface area contributed by atoms with Crippen molar-refractivity contribution in [3.8, 4) is 0 Å². The maximum absolute atomic E-state index is 13.4. The highest BCUT2D eigenvalue weighted by Crippen LogP contribution is 2.53. The van der Waals surface area contributed by atoms with E-state index in [0.29, 0.717) is 26.2 Å². The van der Waals surface area contributed by atoms with Gasteiger partial charge in [-0.1, -0.05) is 11.6 Å². The normalized spacial score (nSPS) is 29.8. The van der Waals surface area contributed by atoms with Crippen molar-refractivity contribution in [2.45, 2.75) is 63.0 Å². The van der Waals surface area contributed by atoms with E-state index in [1.54, 1.807) is 6.92 Å². The molecule has 4 atom stereocenters. The van der Waals surface area contributed by atoms with Crippen LogP contribution in [0.15, 0.2) is 18.2 Å². The van der Waals surface area contributed by atoms with Crippen LogP contribution in [0.5, 0.6) is 0 Å². The van der Waals surface area contributed by atoms with E-state index in [1.807, 2.05) is 4.90 Å². The summed E-state index contributed by atoms with van der Waals surface area (Å²) < 4.78 is 44.7. The van der Waals surface area contributed by atoms with Gasteiger partial charge in [0.2, 0.25) is 5.91 Å². The largest absolute Gasteiger partial charge is 0.417 e. The number of anilines is 1. The van der Waals surface area contributed by atoms with Crippen LogP contribution in [-0.2, 0) is 15.7 Å². The minimum atomic E-state index is -4.60. The number of morpholine rings is 1. The van der Waals surface area contributed by atoms with Crippen molar-refractivity contribution in [1.82, 2.24) is 14.7 Å². The number of piperazine rings is 1. The molecule has 5 rings (SSSR count). The van der Waals surface area contributed by atoms with Crippen molar-refractivity contribution in [3.05, 3.63) is 28.8 Å². The molecule has 1 spiro atoms. The number of alkyl halides is 3. The number of piperidine rings is 1. The highest BCUT2D eigenvalue weighted by Gasteiger charge is 2.51. The summed E-state index contributed by atoms with van der Waals surface area (Å²) in [5.74, 6) is -0.180. The molecule has 4 aliphatic rings.